The highest BCUT2D eigenvalue weighted by molar-refractivity contribution is 5.01. The third-order valence-corrected chi connectivity index (χ3v) is 5.27. The van der Waals surface area contributed by atoms with Crippen molar-refractivity contribution in [2.24, 2.45) is 11.8 Å². The highest BCUT2D eigenvalue weighted by Crippen LogP contribution is 2.38. The van der Waals surface area contributed by atoms with Crippen LogP contribution in [0, 0.1) is 24.2 Å². The first-order chi connectivity index (χ1) is 9.35. The molecule has 108 valence electrons. The van der Waals surface area contributed by atoms with Gasteiger partial charge in [-0.1, -0.05) is 64.2 Å². The van der Waals surface area contributed by atoms with Gasteiger partial charge < -0.3 is 5.32 Å². The third kappa shape index (κ3) is 4.25. The van der Waals surface area contributed by atoms with E-state index >= 15 is 0 Å². The molecule has 3 atom stereocenters. The highest BCUT2D eigenvalue weighted by atomic mass is 15.0. The largest absolute Gasteiger partial charge is 0.301 e. The Morgan fingerprint density at radius 2 is 1.74 bits per heavy atom. The lowest BCUT2D eigenvalue weighted by Gasteiger charge is -2.40. The maximum Gasteiger partial charge on any atom is 0.0689 e. The van der Waals surface area contributed by atoms with Gasteiger partial charge in [-0.05, 0) is 31.1 Å². The normalized spacial score (nSPS) is 30.7. The fourth-order valence-electron chi connectivity index (χ4n) is 4.25. The van der Waals surface area contributed by atoms with Crippen molar-refractivity contribution < 1.29 is 0 Å². The Morgan fingerprint density at radius 3 is 2.42 bits per heavy atom. The number of hydrogen-bond acceptors (Lipinski definition) is 1. The molecule has 0 aromatic rings. The van der Waals surface area contributed by atoms with Crippen LogP contribution < -0.4 is 5.32 Å². The molecule has 2 aliphatic rings. The summed E-state index contributed by atoms with van der Waals surface area (Å²) in [6.45, 7) is 2.23. The minimum absolute atomic E-state index is 0.305. The molecule has 0 aliphatic heterocycles. The number of nitrogens with one attached hydrogen (secondary N) is 1. The second kappa shape index (κ2) is 7.95. The summed E-state index contributed by atoms with van der Waals surface area (Å²) in [6, 6.07) is 1.00. The van der Waals surface area contributed by atoms with Crippen LogP contribution in [0.15, 0.2) is 0 Å². The Balaban J connectivity index is 1.93. The van der Waals surface area contributed by atoms with Crippen molar-refractivity contribution in [1.82, 2.24) is 5.32 Å². The molecular weight excluding hydrogens is 230 g/mol. The lowest BCUT2D eigenvalue weighted by atomic mass is 9.71. The summed E-state index contributed by atoms with van der Waals surface area (Å²) in [5.41, 5.74) is 0. The Morgan fingerprint density at radius 1 is 1.05 bits per heavy atom. The van der Waals surface area contributed by atoms with Crippen LogP contribution in [0.2, 0.25) is 0 Å². The van der Waals surface area contributed by atoms with E-state index < -0.39 is 0 Å². The van der Waals surface area contributed by atoms with Crippen molar-refractivity contribution >= 4 is 0 Å². The standard InChI is InChI=1S/C18H31N/c1-3-10-16(4-2)19-18-14-9-8-13-17(18)15-11-6-5-7-12-15/h2,15-19H,3,5-14H2,1H3. The van der Waals surface area contributed by atoms with Crippen molar-refractivity contribution in [3.63, 3.8) is 0 Å². The van der Waals surface area contributed by atoms with Gasteiger partial charge >= 0.3 is 0 Å². The Kier molecular flexibility index (Phi) is 6.24. The monoisotopic (exact) mass is 261 g/mol. The molecule has 0 aromatic carbocycles. The van der Waals surface area contributed by atoms with E-state index in [1.54, 1.807) is 0 Å². The lowest BCUT2D eigenvalue weighted by molar-refractivity contribution is 0.145. The van der Waals surface area contributed by atoms with Gasteiger partial charge in [0.25, 0.3) is 0 Å². The van der Waals surface area contributed by atoms with Crippen molar-refractivity contribution in [3.05, 3.63) is 0 Å². The van der Waals surface area contributed by atoms with Crippen LogP contribution in [-0.2, 0) is 0 Å². The quantitative estimate of drug-likeness (QED) is 0.718. The van der Waals surface area contributed by atoms with Gasteiger partial charge in [0.1, 0.15) is 0 Å². The summed E-state index contributed by atoms with van der Waals surface area (Å²) in [4.78, 5) is 0. The van der Waals surface area contributed by atoms with Gasteiger partial charge in [-0.2, -0.15) is 0 Å². The first-order valence-corrected chi connectivity index (χ1v) is 8.57. The molecule has 3 unspecified atom stereocenters. The van der Waals surface area contributed by atoms with Crippen LogP contribution in [0.1, 0.15) is 77.6 Å². The van der Waals surface area contributed by atoms with Crippen molar-refractivity contribution in [1.29, 1.82) is 0 Å². The second-order valence-electron chi connectivity index (χ2n) is 6.63. The fourth-order valence-corrected chi connectivity index (χ4v) is 4.25. The van der Waals surface area contributed by atoms with Crippen molar-refractivity contribution in [2.75, 3.05) is 0 Å². The molecule has 1 heteroatoms. The molecule has 0 bridgehead atoms. The van der Waals surface area contributed by atoms with Gasteiger partial charge in [-0.3, -0.25) is 0 Å². The molecule has 2 aliphatic carbocycles. The van der Waals surface area contributed by atoms with E-state index in [0.29, 0.717) is 12.1 Å². The molecule has 0 heterocycles. The Hall–Kier alpha value is -0.480. The molecular formula is C18H31N. The molecule has 19 heavy (non-hydrogen) atoms. The summed E-state index contributed by atoms with van der Waals surface area (Å²) >= 11 is 0. The summed E-state index contributed by atoms with van der Waals surface area (Å²) in [5, 5.41) is 3.82. The Labute approximate surface area is 119 Å². The molecule has 2 saturated carbocycles. The average Bonchev–Trinajstić information content (AvgIpc) is 2.48. The maximum absolute atomic E-state index is 5.69. The SMILES string of the molecule is C#CC(CCC)NC1CCCCC1C1CCCCC1. The van der Waals surface area contributed by atoms with Crippen molar-refractivity contribution in [2.45, 2.75) is 89.6 Å². The lowest BCUT2D eigenvalue weighted by Crippen LogP contribution is -2.46. The van der Waals surface area contributed by atoms with Crippen LogP contribution in [-0.4, -0.2) is 12.1 Å². The van der Waals surface area contributed by atoms with E-state index in [-0.39, 0.29) is 0 Å². The smallest absolute Gasteiger partial charge is 0.0689 e. The molecule has 0 amide bonds. The number of rotatable bonds is 5. The fraction of sp³-hybridized carbons (Fsp3) is 0.889. The third-order valence-electron chi connectivity index (χ3n) is 5.27. The van der Waals surface area contributed by atoms with Crippen LogP contribution in [0.5, 0.6) is 0 Å². The van der Waals surface area contributed by atoms with E-state index in [1.807, 2.05) is 0 Å². The van der Waals surface area contributed by atoms with Gasteiger partial charge in [0.15, 0.2) is 0 Å². The highest BCUT2D eigenvalue weighted by Gasteiger charge is 2.33. The zero-order chi connectivity index (χ0) is 13.5. The number of hydrogen-bond donors (Lipinski definition) is 1. The molecule has 0 aromatic heterocycles. The van der Waals surface area contributed by atoms with Gasteiger partial charge in [0.05, 0.1) is 6.04 Å². The van der Waals surface area contributed by atoms with Crippen LogP contribution in [0.3, 0.4) is 0 Å². The van der Waals surface area contributed by atoms with Gasteiger partial charge in [-0.15, -0.1) is 6.42 Å². The van der Waals surface area contributed by atoms with Gasteiger partial charge in [0, 0.05) is 6.04 Å². The summed E-state index contributed by atoms with van der Waals surface area (Å²) in [7, 11) is 0. The first-order valence-electron chi connectivity index (χ1n) is 8.57. The molecule has 0 spiro atoms. The molecule has 0 saturated heterocycles. The second-order valence-corrected chi connectivity index (χ2v) is 6.63. The number of terminal acetylenes is 1. The molecule has 1 nitrogen and oxygen atoms in total. The summed E-state index contributed by atoms with van der Waals surface area (Å²) in [5.74, 6) is 4.85. The topological polar surface area (TPSA) is 12.0 Å². The molecule has 0 radical (unpaired) electrons. The van der Waals surface area contributed by atoms with E-state index in [4.69, 9.17) is 6.42 Å². The average molecular weight is 261 g/mol. The maximum atomic E-state index is 5.69. The van der Waals surface area contributed by atoms with E-state index in [0.717, 1.165) is 18.3 Å². The zero-order valence-electron chi connectivity index (χ0n) is 12.7. The van der Waals surface area contributed by atoms with E-state index in [9.17, 15) is 0 Å². The van der Waals surface area contributed by atoms with Crippen LogP contribution in [0.25, 0.3) is 0 Å². The van der Waals surface area contributed by atoms with E-state index in [2.05, 4.69) is 18.2 Å². The molecule has 2 rings (SSSR count). The summed E-state index contributed by atoms with van der Waals surface area (Å²) < 4.78 is 0. The van der Waals surface area contributed by atoms with Crippen LogP contribution >= 0.6 is 0 Å². The van der Waals surface area contributed by atoms with Crippen LogP contribution in [0.4, 0.5) is 0 Å². The molecule has 2 fully saturated rings. The minimum atomic E-state index is 0.305. The summed E-state index contributed by atoms with van der Waals surface area (Å²) in [6.07, 6.45) is 20.9. The molecule has 1 N–H and O–H groups in total. The van der Waals surface area contributed by atoms with Gasteiger partial charge in [-0.25, -0.2) is 0 Å². The van der Waals surface area contributed by atoms with Gasteiger partial charge in [0.2, 0.25) is 0 Å². The Bertz CT molecular complexity index is 285. The predicted octanol–water partition coefficient (Wildman–Crippen LogP) is 4.52. The van der Waals surface area contributed by atoms with Crippen molar-refractivity contribution in [3.8, 4) is 12.3 Å². The zero-order valence-corrected chi connectivity index (χ0v) is 12.7. The first kappa shape index (κ1) is 14.9. The predicted molar refractivity (Wildman–Crippen MR) is 83.0 cm³/mol. The minimum Gasteiger partial charge on any atom is -0.301 e. The van der Waals surface area contributed by atoms with E-state index in [1.165, 1.54) is 64.2 Å².